The van der Waals surface area contributed by atoms with Crippen molar-refractivity contribution in [1.82, 2.24) is 9.80 Å². The fourth-order valence-corrected chi connectivity index (χ4v) is 2.83. The van der Waals surface area contributed by atoms with Gasteiger partial charge in [0.25, 0.3) is 0 Å². The van der Waals surface area contributed by atoms with E-state index in [4.69, 9.17) is 0 Å². The van der Waals surface area contributed by atoms with Crippen molar-refractivity contribution in [3.63, 3.8) is 0 Å². The van der Waals surface area contributed by atoms with E-state index in [2.05, 4.69) is 39.7 Å². The van der Waals surface area contributed by atoms with Gasteiger partial charge >= 0.3 is 0 Å². The van der Waals surface area contributed by atoms with Gasteiger partial charge in [0.15, 0.2) is 5.78 Å². The molecule has 0 bridgehead atoms. The first-order chi connectivity index (χ1) is 9.56. The van der Waals surface area contributed by atoms with Crippen molar-refractivity contribution < 1.29 is 4.79 Å². The van der Waals surface area contributed by atoms with Crippen LogP contribution in [0.5, 0.6) is 0 Å². The molecule has 4 heteroatoms. The first-order valence-corrected chi connectivity index (χ1v) is 8.07. The summed E-state index contributed by atoms with van der Waals surface area (Å²) in [5, 5.41) is 0. The van der Waals surface area contributed by atoms with E-state index >= 15 is 0 Å². The van der Waals surface area contributed by atoms with Crippen molar-refractivity contribution in [2.45, 2.75) is 25.8 Å². The predicted octanol–water partition coefficient (Wildman–Crippen LogP) is 3.05. The summed E-state index contributed by atoms with van der Waals surface area (Å²) < 4.78 is 1.01. The molecule has 0 radical (unpaired) electrons. The smallest absolute Gasteiger partial charge is 0.162 e. The summed E-state index contributed by atoms with van der Waals surface area (Å²) in [7, 11) is 2.18. The molecule has 0 spiro atoms. The van der Waals surface area contributed by atoms with Crippen LogP contribution in [0.1, 0.15) is 30.1 Å². The van der Waals surface area contributed by atoms with Gasteiger partial charge in [-0.3, -0.25) is 4.79 Å². The van der Waals surface area contributed by atoms with Crippen molar-refractivity contribution in [2.24, 2.45) is 0 Å². The highest BCUT2D eigenvalue weighted by molar-refractivity contribution is 9.10. The number of piperazine rings is 1. The summed E-state index contributed by atoms with van der Waals surface area (Å²) in [5.74, 6) is 0.250. The Hall–Kier alpha value is -0.710. The molecule has 0 aliphatic carbocycles. The third kappa shape index (κ3) is 4.40. The summed E-state index contributed by atoms with van der Waals surface area (Å²) in [6.45, 7) is 6.65. The lowest BCUT2D eigenvalue weighted by molar-refractivity contribution is 0.0929. The fraction of sp³-hybridized carbons (Fsp3) is 0.562. The quantitative estimate of drug-likeness (QED) is 0.771. The summed E-state index contributed by atoms with van der Waals surface area (Å²) in [5.41, 5.74) is 0.819. The van der Waals surface area contributed by atoms with E-state index in [0.717, 1.165) is 42.6 Å². The van der Waals surface area contributed by atoms with E-state index < -0.39 is 0 Å². The van der Waals surface area contributed by atoms with Crippen LogP contribution < -0.4 is 0 Å². The molecule has 1 heterocycles. The van der Waals surface area contributed by atoms with Gasteiger partial charge in [0, 0.05) is 42.1 Å². The Labute approximate surface area is 130 Å². The third-order valence-electron chi connectivity index (χ3n) is 4.09. The molecule has 1 unspecified atom stereocenters. The van der Waals surface area contributed by atoms with Crippen LogP contribution in [-0.2, 0) is 0 Å². The van der Waals surface area contributed by atoms with Gasteiger partial charge in [0.1, 0.15) is 0 Å². The fourth-order valence-electron chi connectivity index (χ4n) is 2.57. The van der Waals surface area contributed by atoms with Crippen LogP contribution in [0.25, 0.3) is 0 Å². The molecule has 0 N–H and O–H groups in total. The zero-order valence-electron chi connectivity index (χ0n) is 12.3. The topological polar surface area (TPSA) is 23.6 Å². The molecule has 1 aliphatic heterocycles. The zero-order chi connectivity index (χ0) is 14.5. The normalized spacial score (nSPS) is 21.1. The van der Waals surface area contributed by atoms with Gasteiger partial charge in [-0.05, 0) is 39.1 Å². The van der Waals surface area contributed by atoms with Gasteiger partial charge in [-0.2, -0.15) is 0 Å². The number of halogens is 1. The Morgan fingerprint density at radius 3 is 2.65 bits per heavy atom. The van der Waals surface area contributed by atoms with Crippen molar-refractivity contribution in [3.05, 3.63) is 34.3 Å². The van der Waals surface area contributed by atoms with Crippen LogP contribution in [0.2, 0.25) is 0 Å². The average Bonchev–Trinajstić information content (AvgIpc) is 2.43. The Kier molecular flexibility index (Phi) is 5.75. The lowest BCUT2D eigenvalue weighted by atomic mass is 10.1. The van der Waals surface area contributed by atoms with Crippen molar-refractivity contribution in [3.8, 4) is 0 Å². The van der Waals surface area contributed by atoms with E-state index in [0.29, 0.717) is 12.5 Å². The van der Waals surface area contributed by atoms with Crippen molar-refractivity contribution in [1.29, 1.82) is 0 Å². The molecule has 1 aromatic carbocycles. The Balaban J connectivity index is 1.73. The summed E-state index contributed by atoms with van der Waals surface area (Å²) in [6.07, 6.45) is 1.59. The molecule has 3 nitrogen and oxygen atoms in total. The molecule has 0 aromatic heterocycles. The molecule has 110 valence electrons. The van der Waals surface area contributed by atoms with Crippen LogP contribution >= 0.6 is 15.9 Å². The summed E-state index contributed by atoms with van der Waals surface area (Å²) >= 11 is 3.39. The molecular formula is C16H23BrN2O. The number of carbonyl (C=O) groups excluding carboxylic acids is 1. The molecule has 1 aliphatic rings. The second-order valence-corrected chi connectivity index (χ2v) is 6.58. The average molecular weight is 339 g/mol. The first kappa shape index (κ1) is 15.7. The van der Waals surface area contributed by atoms with Gasteiger partial charge in [0.2, 0.25) is 0 Å². The maximum Gasteiger partial charge on any atom is 0.162 e. The monoisotopic (exact) mass is 338 g/mol. The minimum absolute atomic E-state index is 0.250. The second kappa shape index (κ2) is 7.34. The van der Waals surface area contributed by atoms with Crippen LogP contribution in [0.3, 0.4) is 0 Å². The molecule has 0 saturated carbocycles. The number of benzene rings is 1. The number of hydrogen-bond acceptors (Lipinski definition) is 3. The van der Waals surface area contributed by atoms with Crippen LogP contribution in [0, 0.1) is 0 Å². The zero-order valence-corrected chi connectivity index (χ0v) is 13.9. The van der Waals surface area contributed by atoms with Crippen LogP contribution in [0.15, 0.2) is 28.7 Å². The number of nitrogens with zero attached hydrogens (tertiary/aromatic N) is 2. The van der Waals surface area contributed by atoms with E-state index in [1.165, 1.54) is 0 Å². The highest BCUT2D eigenvalue weighted by atomic mass is 79.9. The molecule has 1 atom stereocenters. The van der Waals surface area contributed by atoms with Crippen molar-refractivity contribution >= 4 is 21.7 Å². The molecule has 20 heavy (non-hydrogen) atoms. The number of Topliss-reactive ketones (excluding diaryl/α,β-unsaturated/α-hetero) is 1. The number of rotatable bonds is 5. The Bertz CT molecular complexity index is 446. The second-order valence-electron chi connectivity index (χ2n) is 5.66. The molecular weight excluding hydrogens is 316 g/mol. The maximum atomic E-state index is 12.1. The minimum atomic E-state index is 0.250. The predicted molar refractivity (Wildman–Crippen MR) is 86.2 cm³/mol. The third-order valence-corrected chi connectivity index (χ3v) is 4.62. The van der Waals surface area contributed by atoms with E-state index in [9.17, 15) is 4.79 Å². The SMILES string of the molecule is CC1CN(CCCC(=O)c2ccc(Br)cc2)CCN1C. The van der Waals surface area contributed by atoms with Gasteiger partial charge in [-0.1, -0.05) is 28.1 Å². The molecule has 2 rings (SSSR count). The number of ketones is 1. The summed E-state index contributed by atoms with van der Waals surface area (Å²) in [4.78, 5) is 16.9. The number of carbonyl (C=O) groups is 1. The van der Waals surface area contributed by atoms with Crippen LogP contribution in [-0.4, -0.2) is 54.9 Å². The van der Waals surface area contributed by atoms with E-state index in [1.54, 1.807) is 0 Å². The van der Waals surface area contributed by atoms with Crippen LogP contribution in [0.4, 0.5) is 0 Å². The van der Waals surface area contributed by atoms with Gasteiger partial charge < -0.3 is 9.80 Å². The van der Waals surface area contributed by atoms with Gasteiger partial charge in [-0.25, -0.2) is 0 Å². The van der Waals surface area contributed by atoms with Crippen molar-refractivity contribution in [2.75, 3.05) is 33.2 Å². The Morgan fingerprint density at radius 1 is 1.30 bits per heavy atom. The number of hydrogen-bond donors (Lipinski definition) is 0. The van der Waals surface area contributed by atoms with Gasteiger partial charge in [-0.15, -0.1) is 0 Å². The first-order valence-electron chi connectivity index (χ1n) is 7.27. The van der Waals surface area contributed by atoms with E-state index in [1.807, 2.05) is 24.3 Å². The lowest BCUT2D eigenvalue weighted by Crippen LogP contribution is -2.50. The molecule has 1 fully saturated rings. The molecule has 0 amide bonds. The highest BCUT2D eigenvalue weighted by Crippen LogP contribution is 2.13. The lowest BCUT2D eigenvalue weighted by Gasteiger charge is -2.37. The molecule has 1 saturated heterocycles. The van der Waals surface area contributed by atoms with E-state index in [-0.39, 0.29) is 5.78 Å². The Morgan fingerprint density at radius 2 is 2.00 bits per heavy atom. The molecule has 1 aromatic rings. The highest BCUT2D eigenvalue weighted by Gasteiger charge is 2.20. The number of likely N-dealkylation sites (N-methyl/N-ethyl adjacent to an activating group) is 1. The standard InChI is InChI=1S/C16H23BrN2O/c1-13-12-19(11-10-18(13)2)9-3-4-16(20)14-5-7-15(17)8-6-14/h5-8,13H,3-4,9-12H2,1-2H3. The minimum Gasteiger partial charge on any atom is -0.301 e. The maximum absolute atomic E-state index is 12.1. The summed E-state index contributed by atoms with van der Waals surface area (Å²) in [6, 6.07) is 8.25. The van der Waals surface area contributed by atoms with Gasteiger partial charge in [0.05, 0.1) is 0 Å². The largest absolute Gasteiger partial charge is 0.301 e.